The SMILES string of the molecule is CC(C)[C@@H](NC(=O)c1cnccc1C(=O)Nc1ccc2c(c1)OCO2)C(=O)Nc1ccc2c(c1)OCO2. The Balaban J connectivity index is 1.30. The van der Waals surface area contributed by atoms with Gasteiger partial charge in [-0.2, -0.15) is 0 Å². The molecule has 0 radical (unpaired) electrons. The minimum Gasteiger partial charge on any atom is -0.454 e. The van der Waals surface area contributed by atoms with Crippen molar-refractivity contribution < 1.29 is 33.3 Å². The van der Waals surface area contributed by atoms with Gasteiger partial charge in [-0.05, 0) is 36.2 Å². The molecular weight excluding hydrogens is 480 g/mol. The van der Waals surface area contributed by atoms with E-state index in [-0.39, 0.29) is 30.6 Å². The van der Waals surface area contributed by atoms with Crippen molar-refractivity contribution in [3.8, 4) is 23.0 Å². The van der Waals surface area contributed by atoms with E-state index in [1.165, 1.54) is 18.5 Å². The monoisotopic (exact) mass is 504 g/mol. The molecule has 5 rings (SSSR count). The first kappa shape index (κ1) is 23.9. The molecule has 0 saturated carbocycles. The van der Waals surface area contributed by atoms with Crippen LogP contribution >= 0.6 is 0 Å². The number of carbonyl (C=O) groups excluding carboxylic acids is 3. The smallest absolute Gasteiger partial charge is 0.256 e. The topological polar surface area (TPSA) is 137 Å². The highest BCUT2D eigenvalue weighted by atomic mass is 16.7. The average Bonchev–Trinajstić information content (AvgIpc) is 3.55. The lowest BCUT2D eigenvalue weighted by atomic mass is 10.0. The Morgan fingerprint density at radius 1 is 0.757 bits per heavy atom. The van der Waals surface area contributed by atoms with Crippen molar-refractivity contribution in [3.63, 3.8) is 0 Å². The van der Waals surface area contributed by atoms with Crippen LogP contribution in [0.2, 0.25) is 0 Å². The second kappa shape index (κ2) is 10.1. The molecule has 2 aromatic carbocycles. The number of rotatable bonds is 7. The van der Waals surface area contributed by atoms with Gasteiger partial charge in [-0.3, -0.25) is 19.4 Å². The molecule has 0 unspecified atom stereocenters. The third-order valence-corrected chi connectivity index (χ3v) is 5.82. The van der Waals surface area contributed by atoms with Crippen LogP contribution in [0.5, 0.6) is 23.0 Å². The summed E-state index contributed by atoms with van der Waals surface area (Å²) in [5, 5.41) is 8.28. The molecule has 190 valence electrons. The molecule has 0 aliphatic carbocycles. The average molecular weight is 504 g/mol. The number of carbonyl (C=O) groups is 3. The fourth-order valence-corrected chi connectivity index (χ4v) is 3.89. The van der Waals surface area contributed by atoms with Gasteiger partial charge >= 0.3 is 0 Å². The molecule has 0 saturated heterocycles. The van der Waals surface area contributed by atoms with Gasteiger partial charge in [0.15, 0.2) is 23.0 Å². The fraction of sp³-hybridized carbons (Fsp3) is 0.231. The number of fused-ring (bicyclic) bond motifs is 2. The summed E-state index contributed by atoms with van der Waals surface area (Å²) in [6.07, 6.45) is 2.70. The summed E-state index contributed by atoms with van der Waals surface area (Å²) in [6, 6.07) is 10.6. The molecule has 0 fully saturated rings. The number of ether oxygens (including phenoxy) is 4. The largest absolute Gasteiger partial charge is 0.454 e. The summed E-state index contributed by atoms with van der Waals surface area (Å²) in [5.74, 6) is 0.421. The maximum atomic E-state index is 13.2. The molecule has 11 heteroatoms. The zero-order chi connectivity index (χ0) is 25.9. The second-order valence-corrected chi connectivity index (χ2v) is 8.70. The second-order valence-electron chi connectivity index (χ2n) is 8.70. The minimum absolute atomic E-state index is 0.0299. The maximum Gasteiger partial charge on any atom is 0.256 e. The van der Waals surface area contributed by atoms with Gasteiger partial charge in [0.1, 0.15) is 6.04 Å². The molecule has 11 nitrogen and oxygen atoms in total. The first-order valence-corrected chi connectivity index (χ1v) is 11.6. The molecule has 3 N–H and O–H groups in total. The van der Waals surface area contributed by atoms with Crippen molar-refractivity contribution in [2.75, 3.05) is 24.2 Å². The number of hydrogen-bond donors (Lipinski definition) is 3. The van der Waals surface area contributed by atoms with Crippen LogP contribution in [0.25, 0.3) is 0 Å². The van der Waals surface area contributed by atoms with E-state index in [1.807, 2.05) is 0 Å². The predicted octanol–water partition coefficient (Wildman–Crippen LogP) is 3.18. The Kier molecular flexibility index (Phi) is 6.50. The van der Waals surface area contributed by atoms with Crippen molar-refractivity contribution in [1.82, 2.24) is 10.3 Å². The van der Waals surface area contributed by atoms with E-state index in [9.17, 15) is 14.4 Å². The number of aromatic nitrogens is 1. The van der Waals surface area contributed by atoms with E-state index in [4.69, 9.17) is 18.9 Å². The summed E-state index contributed by atoms with van der Waals surface area (Å²) in [4.78, 5) is 43.3. The molecule has 2 aliphatic rings. The van der Waals surface area contributed by atoms with Gasteiger partial charge < -0.3 is 34.9 Å². The summed E-state index contributed by atoms with van der Waals surface area (Å²) in [7, 11) is 0. The molecule has 3 aromatic rings. The van der Waals surface area contributed by atoms with E-state index >= 15 is 0 Å². The number of benzene rings is 2. The van der Waals surface area contributed by atoms with E-state index < -0.39 is 23.8 Å². The molecule has 37 heavy (non-hydrogen) atoms. The van der Waals surface area contributed by atoms with Gasteiger partial charge in [-0.25, -0.2) is 0 Å². The zero-order valence-electron chi connectivity index (χ0n) is 20.1. The van der Waals surface area contributed by atoms with Crippen molar-refractivity contribution in [3.05, 3.63) is 66.0 Å². The Hall–Kier alpha value is -4.80. The summed E-state index contributed by atoms with van der Waals surface area (Å²) in [6.45, 7) is 3.84. The number of nitrogens with one attached hydrogen (secondary N) is 3. The third kappa shape index (κ3) is 5.10. The zero-order valence-corrected chi connectivity index (χ0v) is 20.1. The number of amides is 3. The lowest BCUT2D eigenvalue weighted by Crippen LogP contribution is -2.47. The van der Waals surface area contributed by atoms with Crippen LogP contribution in [-0.2, 0) is 4.79 Å². The molecular formula is C26H24N4O7. The molecule has 1 aromatic heterocycles. The molecule has 3 amide bonds. The fourth-order valence-electron chi connectivity index (χ4n) is 3.89. The lowest BCUT2D eigenvalue weighted by molar-refractivity contribution is -0.118. The Morgan fingerprint density at radius 2 is 1.35 bits per heavy atom. The van der Waals surface area contributed by atoms with E-state index in [2.05, 4.69) is 20.9 Å². The van der Waals surface area contributed by atoms with E-state index in [1.54, 1.807) is 50.2 Å². The summed E-state index contributed by atoms with van der Waals surface area (Å²) in [5.41, 5.74) is 1.10. The maximum absolute atomic E-state index is 13.2. The lowest BCUT2D eigenvalue weighted by Gasteiger charge is -2.22. The molecule has 1 atom stereocenters. The van der Waals surface area contributed by atoms with Crippen LogP contribution in [0.3, 0.4) is 0 Å². The third-order valence-electron chi connectivity index (χ3n) is 5.82. The Morgan fingerprint density at radius 3 is 1.97 bits per heavy atom. The summed E-state index contributed by atoms with van der Waals surface area (Å²) >= 11 is 0. The number of pyridine rings is 1. The van der Waals surface area contributed by atoms with Gasteiger partial charge in [0.25, 0.3) is 11.8 Å². The number of hydrogen-bond acceptors (Lipinski definition) is 8. The van der Waals surface area contributed by atoms with Crippen LogP contribution in [0.4, 0.5) is 11.4 Å². The van der Waals surface area contributed by atoms with Crippen molar-refractivity contribution >= 4 is 29.1 Å². The normalized spacial score (nSPS) is 13.7. The quantitative estimate of drug-likeness (QED) is 0.446. The molecule has 2 aliphatic heterocycles. The minimum atomic E-state index is -0.886. The predicted molar refractivity (Wildman–Crippen MR) is 132 cm³/mol. The van der Waals surface area contributed by atoms with Gasteiger partial charge in [0.05, 0.1) is 11.1 Å². The standard InChI is InChI=1S/C26H24N4O7/c1-14(2)23(26(33)29-16-4-6-20-22(10-16)37-13-35-20)30-25(32)18-11-27-8-7-17(18)24(31)28-15-3-5-19-21(9-15)36-12-34-19/h3-11,14,23H,12-13H2,1-2H3,(H,28,31)(H,29,33)(H,30,32)/t23-/m1/s1. The van der Waals surface area contributed by atoms with Crippen molar-refractivity contribution in [2.24, 2.45) is 5.92 Å². The van der Waals surface area contributed by atoms with Crippen LogP contribution in [0.1, 0.15) is 34.6 Å². The van der Waals surface area contributed by atoms with Gasteiger partial charge in [0, 0.05) is 35.9 Å². The molecule has 0 bridgehead atoms. The van der Waals surface area contributed by atoms with Crippen molar-refractivity contribution in [1.29, 1.82) is 0 Å². The first-order valence-electron chi connectivity index (χ1n) is 11.6. The van der Waals surface area contributed by atoms with E-state index in [0.29, 0.717) is 34.4 Å². The molecule has 0 spiro atoms. The summed E-state index contributed by atoms with van der Waals surface area (Å²) < 4.78 is 21.3. The van der Waals surface area contributed by atoms with Gasteiger partial charge in [-0.1, -0.05) is 13.8 Å². The highest BCUT2D eigenvalue weighted by molar-refractivity contribution is 6.12. The number of nitrogens with zero attached hydrogens (tertiary/aromatic N) is 1. The van der Waals surface area contributed by atoms with Crippen molar-refractivity contribution in [2.45, 2.75) is 19.9 Å². The highest BCUT2D eigenvalue weighted by Crippen LogP contribution is 2.35. The van der Waals surface area contributed by atoms with Gasteiger partial charge in [0.2, 0.25) is 19.5 Å². The first-order chi connectivity index (χ1) is 17.9. The molecule has 3 heterocycles. The van der Waals surface area contributed by atoms with Crippen LogP contribution in [-0.4, -0.2) is 42.3 Å². The van der Waals surface area contributed by atoms with Crippen LogP contribution in [0.15, 0.2) is 54.9 Å². The van der Waals surface area contributed by atoms with Gasteiger partial charge in [-0.15, -0.1) is 0 Å². The highest BCUT2D eigenvalue weighted by Gasteiger charge is 2.27. The Labute approximate surface area is 212 Å². The Bertz CT molecular complexity index is 1370. The van der Waals surface area contributed by atoms with Crippen LogP contribution < -0.4 is 34.9 Å². The number of anilines is 2. The van der Waals surface area contributed by atoms with Crippen LogP contribution in [0, 0.1) is 5.92 Å². The van der Waals surface area contributed by atoms with E-state index in [0.717, 1.165) is 0 Å².